The Kier molecular flexibility index (Phi) is 4.95. The molecule has 0 radical (unpaired) electrons. The molecule has 0 bridgehead atoms. The van der Waals surface area contributed by atoms with Crippen LogP contribution < -0.4 is 9.47 Å². The molecular weight excluding hydrogens is 376 g/mol. The fourth-order valence-corrected chi connectivity index (χ4v) is 5.21. The molecule has 0 saturated carbocycles. The molecule has 28 heavy (non-hydrogen) atoms. The zero-order chi connectivity index (χ0) is 19.7. The first-order chi connectivity index (χ1) is 13.5. The number of hydrogen-bond acceptors (Lipinski definition) is 5. The summed E-state index contributed by atoms with van der Waals surface area (Å²) in [6.07, 6.45) is 2.12. The van der Waals surface area contributed by atoms with E-state index in [1.165, 1.54) is 11.4 Å². The minimum Gasteiger partial charge on any atom is -0.495 e. The van der Waals surface area contributed by atoms with Gasteiger partial charge in [0.2, 0.25) is 10.0 Å². The second-order valence-electron chi connectivity index (χ2n) is 6.88. The second kappa shape index (κ2) is 7.41. The molecule has 3 aromatic rings. The number of sulfonamides is 1. The minimum absolute atomic E-state index is 0.197. The average molecular weight is 398 g/mol. The number of hydrogen-bond donors (Lipinski definition) is 0. The van der Waals surface area contributed by atoms with Crippen LogP contribution in [0, 0.1) is 6.92 Å². The lowest BCUT2D eigenvalue weighted by atomic mass is 10.2. The highest BCUT2D eigenvalue weighted by molar-refractivity contribution is 7.89. The number of methoxy groups -OCH3 is 1. The van der Waals surface area contributed by atoms with Crippen LogP contribution in [0.1, 0.15) is 12.0 Å². The van der Waals surface area contributed by atoms with Crippen molar-refractivity contribution in [3.8, 4) is 11.5 Å². The monoisotopic (exact) mass is 398 g/mol. The van der Waals surface area contributed by atoms with E-state index in [2.05, 4.69) is 4.98 Å². The van der Waals surface area contributed by atoms with Gasteiger partial charge in [-0.3, -0.25) is 4.98 Å². The fraction of sp³-hybridized carbons (Fsp3) is 0.286. The fourth-order valence-electron chi connectivity index (χ4n) is 3.49. The number of aromatic nitrogens is 1. The van der Waals surface area contributed by atoms with Crippen LogP contribution in [0.15, 0.2) is 59.6 Å². The van der Waals surface area contributed by atoms with Crippen molar-refractivity contribution in [2.45, 2.75) is 24.3 Å². The van der Waals surface area contributed by atoms with Crippen LogP contribution in [0.5, 0.6) is 11.5 Å². The van der Waals surface area contributed by atoms with Crippen molar-refractivity contribution in [1.82, 2.24) is 9.29 Å². The molecule has 146 valence electrons. The largest absolute Gasteiger partial charge is 0.495 e. The molecule has 0 spiro atoms. The van der Waals surface area contributed by atoms with Crippen molar-refractivity contribution in [2.75, 3.05) is 20.2 Å². The number of para-hydroxylation sites is 1. The first kappa shape index (κ1) is 18.7. The molecule has 1 aliphatic heterocycles. The van der Waals surface area contributed by atoms with Crippen LogP contribution in [0.25, 0.3) is 10.9 Å². The Morgan fingerprint density at radius 1 is 1.11 bits per heavy atom. The Bertz CT molecular complexity index is 1110. The number of rotatable bonds is 5. The lowest BCUT2D eigenvalue weighted by Gasteiger charge is -2.19. The maximum absolute atomic E-state index is 13.2. The zero-order valence-corrected chi connectivity index (χ0v) is 16.6. The van der Waals surface area contributed by atoms with Crippen LogP contribution in [-0.4, -0.2) is 44.0 Å². The zero-order valence-electron chi connectivity index (χ0n) is 15.8. The van der Waals surface area contributed by atoms with Crippen LogP contribution in [0.4, 0.5) is 0 Å². The molecule has 1 fully saturated rings. The van der Waals surface area contributed by atoms with Gasteiger partial charge in [0.25, 0.3) is 0 Å². The third-order valence-corrected chi connectivity index (χ3v) is 6.82. The Hall–Kier alpha value is -2.64. The highest BCUT2D eigenvalue weighted by atomic mass is 32.2. The summed E-state index contributed by atoms with van der Waals surface area (Å²) in [5.41, 5.74) is 1.65. The van der Waals surface area contributed by atoms with Gasteiger partial charge in [-0.1, -0.05) is 24.3 Å². The number of aryl methyl sites for hydroxylation is 1. The SMILES string of the molecule is COc1ccc(C)cc1S(=O)(=O)N1CCC(Oc2cccc3cccnc23)C1. The topological polar surface area (TPSA) is 68.7 Å². The molecule has 0 amide bonds. The van der Waals surface area contributed by atoms with Gasteiger partial charge in [0.1, 0.15) is 28.0 Å². The predicted octanol–water partition coefficient (Wildman–Crippen LogP) is 3.39. The summed E-state index contributed by atoms with van der Waals surface area (Å²) in [4.78, 5) is 4.59. The lowest BCUT2D eigenvalue weighted by Crippen LogP contribution is -2.31. The molecule has 1 saturated heterocycles. The normalized spacial score (nSPS) is 17.7. The van der Waals surface area contributed by atoms with Gasteiger partial charge in [-0.15, -0.1) is 0 Å². The number of benzene rings is 2. The first-order valence-corrected chi connectivity index (χ1v) is 10.6. The van der Waals surface area contributed by atoms with Gasteiger partial charge in [0.15, 0.2) is 0 Å². The molecular formula is C21H22N2O4S. The van der Waals surface area contributed by atoms with E-state index in [0.29, 0.717) is 31.0 Å². The van der Waals surface area contributed by atoms with Crippen molar-refractivity contribution < 1.29 is 17.9 Å². The second-order valence-corrected chi connectivity index (χ2v) is 8.78. The van der Waals surface area contributed by atoms with E-state index in [4.69, 9.17) is 9.47 Å². The third kappa shape index (κ3) is 3.43. The van der Waals surface area contributed by atoms with Gasteiger partial charge >= 0.3 is 0 Å². The quantitative estimate of drug-likeness (QED) is 0.659. The van der Waals surface area contributed by atoms with Crippen LogP contribution in [-0.2, 0) is 10.0 Å². The number of nitrogens with zero attached hydrogens (tertiary/aromatic N) is 2. The van der Waals surface area contributed by atoms with Crippen molar-refractivity contribution in [2.24, 2.45) is 0 Å². The molecule has 1 aliphatic rings. The molecule has 6 nitrogen and oxygen atoms in total. The Morgan fingerprint density at radius 3 is 2.75 bits per heavy atom. The van der Waals surface area contributed by atoms with Gasteiger partial charge in [-0.25, -0.2) is 8.42 Å². The maximum Gasteiger partial charge on any atom is 0.246 e. The molecule has 2 heterocycles. The summed E-state index contributed by atoms with van der Waals surface area (Å²) >= 11 is 0. The molecule has 1 unspecified atom stereocenters. The maximum atomic E-state index is 13.2. The lowest BCUT2D eigenvalue weighted by molar-refractivity contribution is 0.218. The van der Waals surface area contributed by atoms with E-state index in [9.17, 15) is 8.42 Å². The van der Waals surface area contributed by atoms with Crippen molar-refractivity contribution in [1.29, 1.82) is 0 Å². The van der Waals surface area contributed by atoms with E-state index in [0.717, 1.165) is 16.5 Å². The van der Waals surface area contributed by atoms with Gasteiger partial charge < -0.3 is 9.47 Å². The summed E-state index contributed by atoms with van der Waals surface area (Å²) in [6.45, 7) is 2.56. The van der Waals surface area contributed by atoms with E-state index in [1.54, 1.807) is 18.3 Å². The van der Waals surface area contributed by atoms with Crippen molar-refractivity contribution in [3.63, 3.8) is 0 Å². The van der Waals surface area contributed by atoms with E-state index in [1.807, 2.05) is 43.3 Å². The average Bonchev–Trinajstić information content (AvgIpc) is 3.18. The Morgan fingerprint density at radius 2 is 1.93 bits per heavy atom. The summed E-state index contributed by atoms with van der Waals surface area (Å²) in [5, 5.41) is 0.993. The van der Waals surface area contributed by atoms with E-state index >= 15 is 0 Å². The summed E-state index contributed by atoms with van der Waals surface area (Å²) < 4.78 is 39.2. The van der Waals surface area contributed by atoms with Crippen molar-refractivity contribution in [3.05, 3.63) is 60.3 Å². The highest BCUT2D eigenvalue weighted by Gasteiger charge is 2.35. The van der Waals surface area contributed by atoms with Gasteiger partial charge in [-0.05, 0) is 43.2 Å². The number of ether oxygens (including phenoxy) is 2. The highest BCUT2D eigenvalue weighted by Crippen LogP contribution is 2.31. The van der Waals surface area contributed by atoms with Gasteiger partial charge in [-0.2, -0.15) is 4.31 Å². The molecule has 1 aromatic heterocycles. The molecule has 4 rings (SSSR count). The smallest absolute Gasteiger partial charge is 0.246 e. The molecule has 1 atom stereocenters. The summed E-state index contributed by atoms with van der Waals surface area (Å²) in [5.74, 6) is 1.03. The Labute approximate surface area is 164 Å². The molecule has 0 N–H and O–H groups in total. The summed E-state index contributed by atoms with van der Waals surface area (Å²) in [6, 6.07) is 14.8. The number of fused-ring (bicyclic) bond motifs is 1. The third-order valence-electron chi connectivity index (χ3n) is 4.93. The molecule has 0 aliphatic carbocycles. The van der Waals surface area contributed by atoms with Gasteiger partial charge in [0.05, 0.1) is 13.7 Å². The van der Waals surface area contributed by atoms with E-state index in [-0.39, 0.29) is 11.0 Å². The first-order valence-electron chi connectivity index (χ1n) is 9.14. The Balaban J connectivity index is 1.56. The van der Waals surface area contributed by atoms with Gasteiger partial charge in [0, 0.05) is 18.1 Å². The predicted molar refractivity (Wildman–Crippen MR) is 107 cm³/mol. The van der Waals surface area contributed by atoms with E-state index < -0.39 is 10.0 Å². The molecule has 7 heteroatoms. The standard InChI is InChI=1S/C21H22N2O4S/c1-15-8-9-18(26-2)20(13-15)28(24,25)23-12-10-17(14-23)27-19-7-3-5-16-6-4-11-22-21(16)19/h3-9,11,13,17H,10,12,14H2,1-2H3. The van der Waals surface area contributed by atoms with Crippen LogP contribution in [0.2, 0.25) is 0 Å². The summed E-state index contributed by atoms with van der Waals surface area (Å²) in [7, 11) is -2.18. The minimum atomic E-state index is -3.66. The van der Waals surface area contributed by atoms with Crippen LogP contribution >= 0.6 is 0 Å². The number of pyridine rings is 1. The van der Waals surface area contributed by atoms with Crippen molar-refractivity contribution >= 4 is 20.9 Å². The van der Waals surface area contributed by atoms with Crippen LogP contribution in [0.3, 0.4) is 0 Å². The molecule has 2 aromatic carbocycles.